The van der Waals surface area contributed by atoms with Gasteiger partial charge in [-0.25, -0.2) is 0 Å². The molecule has 0 bridgehead atoms. The van der Waals surface area contributed by atoms with E-state index in [1.807, 2.05) is 45.0 Å². The zero-order valence-electron chi connectivity index (χ0n) is 14.3. The lowest BCUT2D eigenvalue weighted by Gasteiger charge is -2.14. The van der Waals surface area contributed by atoms with Gasteiger partial charge in [0.25, 0.3) is 0 Å². The van der Waals surface area contributed by atoms with E-state index >= 15 is 0 Å². The Labute approximate surface area is 148 Å². The molecule has 0 aliphatic rings. The topological polar surface area (TPSA) is 53.7 Å². The van der Waals surface area contributed by atoms with Crippen LogP contribution >= 0.6 is 12.2 Å². The first kappa shape index (κ1) is 18.1. The predicted octanol–water partition coefficient (Wildman–Crippen LogP) is 3.79. The highest BCUT2D eigenvalue weighted by atomic mass is 32.1. The van der Waals surface area contributed by atoms with Crippen molar-refractivity contribution in [1.82, 2.24) is 0 Å². The van der Waals surface area contributed by atoms with E-state index < -0.39 is 0 Å². The molecule has 0 radical (unpaired) electrons. The summed E-state index contributed by atoms with van der Waals surface area (Å²) in [5.74, 6) is 2.17. The molecule has 2 N–H and O–H groups in total. The van der Waals surface area contributed by atoms with Crippen LogP contribution in [-0.2, 0) is 0 Å². The summed E-state index contributed by atoms with van der Waals surface area (Å²) in [5.41, 5.74) is 8.69. The summed E-state index contributed by atoms with van der Waals surface area (Å²) < 4.78 is 17.2. The SMILES string of the molecule is CCOc1cc(C(N)=S)ccc1OCCOc1cc(C)ccc1C. The summed E-state index contributed by atoms with van der Waals surface area (Å²) in [6.07, 6.45) is 0. The second-order valence-corrected chi connectivity index (χ2v) is 5.86. The maximum absolute atomic E-state index is 5.79. The maximum Gasteiger partial charge on any atom is 0.161 e. The molecular formula is C19H23NO3S. The third-order valence-electron chi connectivity index (χ3n) is 3.47. The van der Waals surface area contributed by atoms with Gasteiger partial charge in [0.1, 0.15) is 24.0 Å². The highest BCUT2D eigenvalue weighted by Gasteiger charge is 2.08. The van der Waals surface area contributed by atoms with Crippen molar-refractivity contribution in [2.75, 3.05) is 19.8 Å². The molecule has 0 spiro atoms. The maximum atomic E-state index is 5.79. The van der Waals surface area contributed by atoms with E-state index in [1.165, 1.54) is 5.56 Å². The van der Waals surface area contributed by atoms with Gasteiger partial charge >= 0.3 is 0 Å². The summed E-state index contributed by atoms with van der Waals surface area (Å²) >= 11 is 4.99. The van der Waals surface area contributed by atoms with Gasteiger partial charge in [0, 0.05) is 5.56 Å². The number of benzene rings is 2. The summed E-state index contributed by atoms with van der Waals surface area (Å²) in [6.45, 7) is 7.39. The summed E-state index contributed by atoms with van der Waals surface area (Å²) in [4.78, 5) is 0.334. The second kappa shape index (κ2) is 8.55. The first-order valence-corrected chi connectivity index (χ1v) is 8.31. The molecule has 0 heterocycles. The lowest BCUT2D eigenvalue weighted by Crippen LogP contribution is -2.12. The van der Waals surface area contributed by atoms with Crippen molar-refractivity contribution in [2.24, 2.45) is 5.73 Å². The van der Waals surface area contributed by atoms with Gasteiger partial charge in [-0.3, -0.25) is 0 Å². The third-order valence-corrected chi connectivity index (χ3v) is 3.71. The smallest absolute Gasteiger partial charge is 0.161 e. The Hall–Kier alpha value is -2.27. The Kier molecular flexibility index (Phi) is 6.44. The molecule has 128 valence electrons. The molecule has 24 heavy (non-hydrogen) atoms. The number of rotatable bonds is 8. The highest BCUT2D eigenvalue weighted by Crippen LogP contribution is 2.28. The van der Waals surface area contributed by atoms with Crippen LogP contribution in [-0.4, -0.2) is 24.8 Å². The van der Waals surface area contributed by atoms with E-state index in [0.29, 0.717) is 36.3 Å². The lowest BCUT2D eigenvalue weighted by molar-refractivity contribution is 0.207. The predicted molar refractivity (Wildman–Crippen MR) is 100 cm³/mol. The van der Waals surface area contributed by atoms with Crippen LogP contribution in [0, 0.1) is 13.8 Å². The monoisotopic (exact) mass is 345 g/mol. The molecule has 2 aromatic rings. The van der Waals surface area contributed by atoms with E-state index in [1.54, 1.807) is 6.07 Å². The molecule has 0 aliphatic heterocycles. The van der Waals surface area contributed by atoms with E-state index in [0.717, 1.165) is 16.9 Å². The largest absolute Gasteiger partial charge is 0.490 e. The van der Waals surface area contributed by atoms with E-state index in [-0.39, 0.29) is 0 Å². The Bertz CT molecular complexity index is 716. The molecular weight excluding hydrogens is 322 g/mol. The first-order chi connectivity index (χ1) is 11.5. The minimum absolute atomic E-state index is 0.334. The van der Waals surface area contributed by atoms with Gasteiger partial charge < -0.3 is 19.9 Å². The fraction of sp³-hybridized carbons (Fsp3) is 0.316. The van der Waals surface area contributed by atoms with Crippen molar-refractivity contribution < 1.29 is 14.2 Å². The molecule has 0 fully saturated rings. The number of nitrogens with two attached hydrogens (primary N) is 1. The quantitative estimate of drug-likeness (QED) is 0.583. The minimum atomic E-state index is 0.334. The highest BCUT2D eigenvalue weighted by molar-refractivity contribution is 7.80. The van der Waals surface area contributed by atoms with Gasteiger partial charge in [-0.1, -0.05) is 24.4 Å². The zero-order chi connectivity index (χ0) is 17.5. The molecule has 2 rings (SSSR count). The summed E-state index contributed by atoms with van der Waals surface area (Å²) in [7, 11) is 0. The van der Waals surface area contributed by atoms with Crippen LogP contribution in [0.4, 0.5) is 0 Å². The molecule has 0 amide bonds. The van der Waals surface area contributed by atoms with Crippen molar-refractivity contribution in [3.05, 3.63) is 53.1 Å². The van der Waals surface area contributed by atoms with Gasteiger partial charge in [0.05, 0.1) is 6.61 Å². The van der Waals surface area contributed by atoms with Gasteiger partial charge in [-0.2, -0.15) is 0 Å². The van der Waals surface area contributed by atoms with E-state index in [4.69, 9.17) is 32.2 Å². The lowest BCUT2D eigenvalue weighted by atomic mass is 10.1. The summed E-state index contributed by atoms with van der Waals surface area (Å²) in [6, 6.07) is 11.6. The Morgan fingerprint density at radius 3 is 2.29 bits per heavy atom. The van der Waals surface area contributed by atoms with Crippen molar-refractivity contribution in [2.45, 2.75) is 20.8 Å². The molecule has 0 aliphatic carbocycles. The fourth-order valence-electron chi connectivity index (χ4n) is 2.21. The zero-order valence-corrected chi connectivity index (χ0v) is 15.1. The van der Waals surface area contributed by atoms with Crippen LogP contribution in [0.1, 0.15) is 23.6 Å². The van der Waals surface area contributed by atoms with Crippen molar-refractivity contribution in [1.29, 1.82) is 0 Å². The van der Waals surface area contributed by atoms with Crippen molar-refractivity contribution in [3.8, 4) is 17.2 Å². The molecule has 4 nitrogen and oxygen atoms in total. The van der Waals surface area contributed by atoms with Crippen LogP contribution in [0.2, 0.25) is 0 Å². The molecule has 0 unspecified atom stereocenters. The Balaban J connectivity index is 1.96. The van der Waals surface area contributed by atoms with Crippen LogP contribution < -0.4 is 19.9 Å². The van der Waals surface area contributed by atoms with Gasteiger partial charge in [0.15, 0.2) is 11.5 Å². The molecule has 0 saturated heterocycles. The van der Waals surface area contributed by atoms with E-state index in [9.17, 15) is 0 Å². The number of ether oxygens (including phenoxy) is 3. The Morgan fingerprint density at radius 2 is 1.62 bits per heavy atom. The summed E-state index contributed by atoms with van der Waals surface area (Å²) in [5, 5.41) is 0. The normalized spacial score (nSPS) is 10.3. The van der Waals surface area contributed by atoms with Crippen molar-refractivity contribution >= 4 is 17.2 Å². The van der Waals surface area contributed by atoms with Crippen LogP contribution in [0.15, 0.2) is 36.4 Å². The average Bonchev–Trinajstić information content (AvgIpc) is 2.55. The van der Waals surface area contributed by atoms with Crippen LogP contribution in [0.25, 0.3) is 0 Å². The number of hydrogen-bond donors (Lipinski definition) is 1. The van der Waals surface area contributed by atoms with E-state index in [2.05, 4.69) is 6.07 Å². The van der Waals surface area contributed by atoms with Crippen LogP contribution in [0.5, 0.6) is 17.2 Å². The molecule has 0 aromatic heterocycles. The van der Waals surface area contributed by atoms with Gasteiger partial charge in [-0.05, 0) is 56.2 Å². The number of aryl methyl sites for hydroxylation is 2. The number of hydrogen-bond acceptors (Lipinski definition) is 4. The molecule has 2 aromatic carbocycles. The standard InChI is InChI=1S/C19H23NO3S/c1-4-21-18-12-15(19(20)24)7-8-16(18)22-9-10-23-17-11-13(2)5-6-14(17)3/h5-8,11-12H,4,9-10H2,1-3H3,(H2,20,24). The Morgan fingerprint density at radius 1 is 0.917 bits per heavy atom. The molecule has 0 atom stereocenters. The minimum Gasteiger partial charge on any atom is -0.490 e. The van der Waals surface area contributed by atoms with Crippen molar-refractivity contribution in [3.63, 3.8) is 0 Å². The third kappa shape index (κ3) is 4.86. The average molecular weight is 345 g/mol. The first-order valence-electron chi connectivity index (χ1n) is 7.90. The number of thiocarbonyl (C=S) groups is 1. The second-order valence-electron chi connectivity index (χ2n) is 5.42. The molecule has 5 heteroatoms. The van der Waals surface area contributed by atoms with Gasteiger partial charge in [-0.15, -0.1) is 0 Å². The van der Waals surface area contributed by atoms with Gasteiger partial charge in [0.2, 0.25) is 0 Å². The molecule has 0 saturated carbocycles. The fourth-order valence-corrected chi connectivity index (χ4v) is 2.34. The van der Waals surface area contributed by atoms with Crippen LogP contribution in [0.3, 0.4) is 0 Å².